The molecule has 2 unspecified atom stereocenters. The van der Waals surface area contributed by atoms with Crippen LogP contribution in [0.15, 0.2) is 72.8 Å². The lowest BCUT2D eigenvalue weighted by atomic mass is 9.98. The lowest BCUT2D eigenvalue weighted by molar-refractivity contribution is -0.120. The number of aromatic carboxylic acids is 1. The van der Waals surface area contributed by atoms with Crippen molar-refractivity contribution in [1.82, 2.24) is 0 Å². The van der Waals surface area contributed by atoms with Crippen molar-refractivity contribution in [3.8, 4) is 11.5 Å². The minimum Gasteiger partial charge on any atom is -0.497 e. The molecule has 33 heavy (non-hydrogen) atoms. The standard InChI is InChI=1S/C27H27NO5/c1-18(19-7-4-3-5-8-19)26(29)28-17-24(33-23-10-6-9-22(16-23)32-2)13-11-20-15-21(27(30)31)12-14-25(20)28/h3-10,12,14-16,18,24H,11,13,17H2,1-2H3,(H,30,31). The molecule has 0 fully saturated rings. The van der Waals surface area contributed by atoms with Gasteiger partial charge < -0.3 is 19.5 Å². The first-order valence-corrected chi connectivity index (χ1v) is 11.0. The Hall–Kier alpha value is -3.80. The van der Waals surface area contributed by atoms with E-state index in [-0.39, 0.29) is 23.5 Å². The number of benzene rings is 3. The van der Waals surface area contributed by atoms with Crippen molar-refractivity contribution in [2.24, 2.45) is 0 Å². The summed E-state index contributed by atoms with van der Waals surface area (Å²) in [5, 5.41) is 9.45. The number of carboxylic acids is 1. The predicted octanol–water partition coefficient (Wildman–Crippen LogP) is 4.92. The van der Waals surface area contributed by atoms with E-state index < -0.39 is 5.97 Å². The summed E-state index contributed by atoms with van der Waals surface area (Å²) in [5.41, 5.74) is 2.72. The van der Waals surface area contributed by atoms with Crippen molar-refractivity contribution in [3.63, 3.8) is 0 Å². The van der Waals surface area contributed by atoms with E-state index in [4.69, 9.17) is 9.47 Å². The van der Waals surface area contributed by atoms with Gasteiger partial charge in [0, 0.05) is 11.8 Å². The molecule has 1 amide bonds. The summed E-state index contributed by atoms with van der Waals surface area (Å²) in [6.07, 6.45) is 0.996. The summed E-state index contributed by atoms with van der Waals surface area (Å²) >= 11 is 0. The molecule has 3 aromatic carbocycles. The van der Waals surface area contributed by atoms with Crippen LogP contribution in [0.1, 0.15) is 40.7 Å². The van der Waals surface area contributed by atoms with Crippen LogP contribution >= 0.6 is 0 Å². The third-order valence-corrected chi connectivity index (χ3v) is 6.02. The second kappa shape index (κ2) is 9.77. The maximum absolute atomic E-state index is 13.7. The lowest BCUT2D eigenvalue weighted by Gasteiger charge is -2.29. The van der Waals surface area contributed by atoms with Gasteiger partial charge >= 0.3 is 5.97 Å². The molecule has 0 spiro atoms. The van der Waals surface area contributed by atoms with Crippen LogP contribution in [0.25, 0.3) is 0 Å². The average Bonchev–Trinajstić information content (AvgIpc) is 3.03. The Morgan fingerprint density at radius 2 is 1.76 bits per heavy atom. The van der Waals surface area contributed by atoms with Crippen molar-refractivity contribution in [2.75, 3.05) is 18.6 Å². The summed E-state index contributed by atoms with van der Waals surface area (Å²) in [5.74, 6) is -0.0247. The molecule has 3 aromatic rings. The van der Waals surface area contributed by atoms with Crippen LogP contribution in [-0.2, 0) is 11.2 Å². The molecular weight excluding hydrogens is 418 g/mol. The number of rotatable bonds is 6. The number of methoxy groups -OCH3 is 1. The molecule has 1 N–H and O–H groups in total. The Bertz CT molecular complexity index is 1140. The summed E-state index contributed by atoms with van der Waals surface area (Å²) < 4.78 is 11.6. The van der Waals surface area contributed by atoms with Gasteiger partial charge in [0.15, 0.2) is 0 Å². The SMILES string of the molecule is COc1cccc(OC2CCc3cc(C(=O)O)ccc3N(C(=O)C(C)c3ccccc3)C2)c1. The number of carboxylic acid groups (broad SMARTS) is 1. The molecule has 0 saturated carbocycles. The van der Waals surface area contributed by atoms with Crippen molar-refractivity contribution in [3.05, 3.63) is 89.5 Å². The maximum Gasteiger partial charge on any atom is 0.335 e. The zero-order valence-electron chi connectivity index (χ0n) is 18.7. The smallest absolute Gasteiger partial charge is 0.335 e. The van der Waals surface area contributed by atoms with Gasteiger partial charge in [-0.15, -0.1) is 0 Å². The van der Waals surface area contributed by atoms with Gasteiger partial charge in [-0.05, 0) is 61.2 Å². The van der Waals surface area contributed by atoms with E-state index in [1.54, 1.807) is 30.2 Å². The molecule has 6 heteroatoms. The first kappa shape index (κ1) is 22.4. The molecule has 2 atom stereocenters. The molecule has 0 saturated heterocycles. The third-order valence-electron chi connectivity index (χ3n) is 6.02. The number of hydrogen-bond donors (Lipinski definition) is 1. The van der Waals surface area contributed by atoms with Crippen LogP contribution in [0.2, 0.25) is 0 Å². The topological polar surface area (TPSA) is 76.1 Å². The van der Waals surface area contributed by atoms with Crippen LogP contribution in [0.4, 0.5) is 5.69 Å². The van der Waals surface area contributed by atoms with Crippen LogP contribution in [0.5, 0.6) is 11.5 Å². The van der Waals surface area contributed by atoms with Gasteiger partial charge in [-0.25, -0.2) is 4.79 Å². The number of hydrogen-bond acceptors (Lipinski definition) is 4. The fraction of sp³-hybridized carbons (Fsp3) is 0.259. The highest BCUT2D eigenvalue weighted by molar-refractivity contribution is 5.99. The number of fused-ring (bicyclic) bond motifs is 1. The fourth-order valence-corrected chi connectivity index (χ4v) is 4.18. The molecule has 1 heterocycles. The molecule has 0 radical (unpaired) electrons. The summed E-state index contributed by atoms with van der Waals surface area (Å²) in [6.45, 7) is 2.26. The van der Waals surface area contributed by atoms with E-state index >= 15 is 0 Å². The van der Waals surface area contributed by atoms with E-state index in [2.05, 4.69) is 0 Å². The molecular formula is C27H27NO5. The van der Waals surface area contributed by atoms with Crippen LogP contribution in [-0.4, -0.2) is 36.7 Å². The molecule has 1 aliphatic rings. The van der Waals surface area contributed by atoms with Gasteiger partial charge in [-0.1, -0.05) is 36.4 Å². The number of carbonyl (C=O) groups excluding carboxylic acids is 1. The quantitative estimate of drug-likeness (QED) is 0.583. The Balaban J connectivity index is 1.67. The van der Waals surface area contributed by atoms with Crippen LogP contribution in [0, 0.1) is 0 Å². The highest BCUT2D eigenvalue weighted by Gasteiger charge is 2.31. The molecule has 1 aliphatic heterocycles. The van der Waals surface area contributed by atoms with Crippen LogP contribution < -0.4 is 14.4 Å². The van der Waals surface area contributed by atoms with E-state index in [1.165, 1.54) is 0 Å². The zero-order chi connectivity index (χ0) is 23.4. The van der Waals surface area contributed by atoms with Crippen molar-refractivity contribution >= 4 is 17.6 Å². The highest BCUT2D eigenvalue weighted by Crippen LogP contribution is 2.32. The number of anilines is 1. The Morgan fingerprint density at radius 1 is 1.00 bits per heavy atom. The number of amides is 1. The van der Waals surface area contributed by atoms with Gasteiger partial charge in [0.25, 0.3) is 0 Å². The second-order valence-corrected chi connectivity index (χ2v) is 8.19. The van der Waals surface area contributed by atoms with E-state index in [0.29, 0.717) is 30.9 Å². The monoisotopic (exact) mass is 445 g/mol. The number of ether oxygens (including phenoxy) is 2. The largest absolute Gasteiger partial charge is 0.497 e. The first-order valence-electron chi connectivity index (χ1n) is 11.0. The maximum atomic E-state index is 13.7. The minimum atomic E-state index is -0.984. The fourth-order valence-electron chi connectivity index (χ4n) is 4.18. The van der Waals surface area contributed by atoms with Gasteiger partial charge in [0.2, 0.25) is 5.91 Å². The predicted molar refractivity (Wildman–Crippen MR) is 126 cm³/mol. The first-order chi connectivity index (χ1) is 16.0. The minimum absolute atomic E-state index is 0.0494. The van der Waals surface area contributed by atoms with E-state index in [1.807, 2.05) is 61.5 Å². The molecule has 170 valence electrons. The molecule has 6 nitrogen and oxygen atoms in total. The number of aryl methyl sites for hydroxylation is 1. The Morgan fingerprint density at radius 3 is 2.48 bits per heavy atom. The summed E-state index contributed by atoms with van der Waals surface area (Å²) in [6, 6.07) is 22.0. The van der Waals surface area contributed by atoms with Crippen molar-refractivity contribution in [2.45, 2.75) is 31.8 Å². The average molecular weight is 446 g/mol. The molecule has 0 aromatic heterocycles. The van der Waals surface area contributed by atoms with Crippen molar-refractivity contribution < 1.29 is 24.2 Å². The van der Waals surface area contributed by atoms with Crippen molar-refractivity contribution in [1.29, 1.82) is 0 Å². The van der Waals surface area contributed by atoms with Gasteiger partial charge in [-0.3, -0.25) is 4.79 Å². The summed E-state index contributed by atoms with van der Waals surface area (Å²) in [7, 11) is 1.60. The number of carbonyl (C=O) groups is 2. The highest BCUT2D eigenvalue weighted by atomic mass is 16.5. The van der Waals surface area contributed by atoms with Gasteiger partial charge in [0.1, 0.15) is 17.6 Å². The second-order valence-electron chi connectivity index (χ2n) is 8.19. The zero-order valence-corrected chi connectivity index (χ0v) is 18.7. The third kappa shape index (κ3) is 5.00. The van der Waals surface area contributed by atoms with E-state index in [9.17, 15) is 14.7 Å². The number of nitrogens with zero attached hydrogens (tertiary/aromatic N) is 1. The lowest BCUT2D eigenvalue weighted by Crippen LogP contribution is -2.41. The van der Waals surface area contributed by atoms with Gasteiger partial charge in [-0.2, -0.15) is 0 Å². The normalized spacial score (nSPS) is 16.3. The van der Waals surface area contributed by atoms with Crippen LogP contribution in [0.3, 0.4) is 0 Å². The summed E-state index contributed by atoms with van der Waals surface area (Å²) in [4.78, 5) is 26.9. The molecule has 0 bridgehead atoms. The molecule has 0 aliphatic carbocycles. The Labute approximate surface area is 193 Å². The van der Waals surface area contributed by atoms with Gasteiger partial charge in [0.05, 0.1) is 25.1 Å². The van der Waals surface area contributed by atoms with E-state index in [0.717, 1.165) is 16.8 Å². The molecule has 4 rings (SSSR count). The Kier molecular flexibility index (Phi) is 6.63.